The van der Waals surface area contributed by atoms with E-state index in [1.807, 2.05) is 6.20 Å². The Morgan fingerprint density at radius 2 is 2.05 bits per heavy atom. The summed E-state index contributed by atoms with van der Waals surface area (Å²) >= 11 is 8.17. The van der Waals surface area contributed by atoms with Crippen LogP contribution < -0.4 is 5.32 Å². The predicted octanol–water partition coefficient (Wildman–Crippen LogP) is 3.54. The van der Waals surface area contributed by atoms with Crippen LogP contribution >= 0.6 is 23.1 Å². The molecule has 2 aliphatic carbocycles. The second kappa shape index (κ2) is 3.92. The number of nitrogens with zero attached hydrogens (tertiary/aromatic N) is 3. The Morgan fingerprint density at radius 1 is 1.20 bits per heavy atom. The minimum atomic E-state index is 0.164. The van der Waals surface area contributed by atoms with E-state index in [1.165, 1.54) is 21.6 Å². The molecule has 1 aromatic heterocycles. The molecule has 0 amide bonds. The van der Waals surface area contributed by atoms with Crippen molar-refractivity contribution in [1.82, 2.24) is 4.37 Å². The maximum absolute atomic E-state index is 6.64. The third-order valence-corrected chi connectivity index (χ3v) is 6.38. The Balaban J connectivity index is 1.45. The second-order valence-electron chi connectivity index (χ2n) is 5.97. The third kappa shape index (κ3) is 1.40. The van der Waals surface area contributed by atoms with Crippen molar-refractivity contribution in [2.75, 3.05) is 5.32 Å². The molecule has 4 nitrogen and oxygen atoms in total. The molecular weight excluding hydrogens is 292 g/mol. The normalized spacial score (nSPS) is 40.9. The van der Waals surface area contributed by atoms with Gasteiger partial charge < -0.3 is 5.32 Å². The molecule has 2 bridgehead atoms. The molecule has 2 saturated carbocycles. The van der Waals surface area contributed by atoms with Crippen LogP contribution in [-0.4, -0.2) is 27.9 Å². The summed E-state index contributed by atoms with van der Waals surface area (Å²) in [6, 6.07) is 7.54. The first-order chi connectivity index (χ1) is 9.81. The van der Waals surface area contributed by atoms with E-state index in [-0.39, 0.29) is 5.38 Å². The SMILES string of the molecule is ClC1C(Nc2ccc3sncc3c2)[C@H]2C[C@@H]1[C@@H]1N=N[C@@H]12. The van der Waals surface area contributed by atoms with Crippen molar-refractivity contribution in [3.8, 4) is 0 Å². The van der Waals surface area contributed by atoms with Crippen LogP contribution in [-0.2, 0) is 0 Å². The largest absolute Gasteiger partial charge is 0.380 e. The molecule has 6 heteroatoms. The van der Waals surface area contributed by atoms with Crippen molar-refractivity contribution in [3.63, 3.8) is 0 Å². The monoisotopic (exact) mass is 304 g/mol. The molecule has 2 unspecified atom stereocenters. The molecule has 1 aliphatic heterocycles. The lowest BCUT2D eigenvalue weighted by molar-refractivity contribution is 0.272. The van der Waals surface area contributed by atoms with Gasteiger partial charge in [-0.05, 0) is 36.2 Å². The van der Waals surface area contributed by atoms with E-state index in [4.69, 9.17) is 11.6 Å². The zero-order chi connectivity index (χ0) is 13.3. The third-order valence-electron chi connectivity index (χ3n) is 5.00. The van der Waals surface area contributed by atoms with E-state index in [9.17, 15) is 0 Å². The van der Waals surface area contributed by atoms with Crippen LogP contribution in [0.2, 0.25) is 0 Å². The lowest BCUT2D eigenvalue weighted by atomic mass is 9.85. The quantitative estimate of drug-likeness (QED) is 0.863. The van der Waals surface area contributed by atoms with Gasteiger partial charge in [0.25, 0.3) is 0 Å². The number of halogens is 1. The van der Waals surface area contributed by atoms with Gasteiger partial charge in [0, 0.05) is 35.1 Å². The van der Waals surface area contributed by atoms with E-state index < -0.39 is 0 Å². The van der Waals surface area contributed by atoms with Crippen LogP contribution in [0.4, 0.5) is 5.69 Å². The Hall–Kier alpha value is -1.20. The highest BCUT2D eigenvalue weighted by molar-refractivity contribution is 7.13. The average Bonchev–Trinajstić information content (AvgIpc) is 3.03. The molecule has 5 rings (SSSR count). The van der Waals surface area contributed by atoms with E-state index in [2.05, 4.69) is 38.1 Å². The molecule has 1 N–H and O–H groups in total. The zero-order valence-corrected chi connectivity index (χ0v) is 12.2. The zero-order valence-electron chi connectivity index (χ0n) is 10.6. The summed E-state index contributed by atoms with van der Waals surface area (Å²) in [5, 5.41) is 13.5. The van der Waals surface area contributed by atoms with Gasteiger partial charge in [-0.1, -0.05) is 0 Å². The number of hydrogen-bond acceptors (Lipinski definition) is 5. The van der Waals surface area contributed by atoms with E-state index in [1.54, 1.807) is 0 Å². The Bertz CT molecular complexity index is 714. The summed E-state index contributed by atoms with van der Waals surface area (Å²) < 4.78 is 5.44. The molecule has 2 aromatic rings. The van der Waals surface area contributed by atoms with Gasteiger partial charge >= 0.3 is 0 Å². The Labute approximate surface area is 125 Å². The number of nitrogens with one attached hydrogen (secondary N) is 1. The summed E-state index contributed by atoms with van der Waals surface area (Å²) in [5.74, 6) is 1.05. The molecule has 102 valence electrons. The summed E-state index contributed by atoms with van der Waals surface area (Å²) in [4.78, 5) is 0. The predicted molar refractivity (Wildman–Crippen MR) is 80.7 cm³/mol. The fourth-order valence-corrected chi connectivity index (χ4v) is 5.14. The summed E-state index contributed by atoms with van der Waals surface area (Å²) in [6.45, 7) is 0. The van der Waals surface area contributed by atoms with Crippen molar-refractivity contribution < 1.29 is 0 Å². The molecule has 20 heavy (non-hydrogen) atoms. The van der Waals surface area contributed by atoms with Crippen LogP contribution in [0.1, 0.15) is 6.42 Å². The summed E-state index contributed by atoms with van der Waals surface area (Å²) in [7, 11) is 0. The first-order valence-corrected chi connectivity index (χ1v) is 8.17. The van der Waals surface area contributed by atoms with Crippen molar-refractivity contribution in [3.05, 3.63) is 24.4 Å². The van der Waals surface area contributed by atoms with Crippen LogP contribution in [0.25, 0.3) is 10.1 Å². The molecule has 2 fully saturated rings. The highest BCUT2D eigenvalue weighted by atomic mass is 35.5. The highest BCUT2D eigenvalue weighted by Gasteiger charge is 2.61. The highest BCUT2D eigenvalue weighted by Crippen LogP contribution is 2.54. The molecule has 0 saturated heterocycles. The summed E-state index contributed by atoms with van der Waals surface area (Å²) in [6.07, 6.45) is 3.08. The maximum atomic E-state index is 6.64. The lowest BCUT2D eigenvalue weighted by Crippen LogP contribution is -2.50. The fraction of sp³-hybridized carbons (Fsp3) is 0.500. The average molecular weight is 305 g/mol. The minimum Gasteiger partial charge on any atom is -0.380 e. The van der Waals surface area contributed by atoms with E-state index in [0.717, 1.165) is 12.1 Å². The molecule has 0 spiro atoms. The fourth-order valence-electron chi connectivity index (χ4n) is 4.01. The number of hydrogen-bond donors (Lipinski definition) is 1. The van der Waals surface area contributed by atoms with Crippen LogP contribution in [0, 0.1) is 11.8 Å². The van der Waals surface area contributed by atoms with Gasteiger partial charge in [-0.15, -0.1) is 11.6 Å². The number of aromatic nitrogens is 1. The molecule has 6 atom stereocenters. The molecule has 0 radical (unpaired) electrons. The van der Waals surface area contributed by atoms with Crippen LogP contribution in [0.15, 0.2) is 34.6 Å². The topological polar surface area (TPSA) is 49.6 Å². The Kier molecular flexibility index (Phi) is 2.25. The second-order valence-corrected chi connectivity index (χ2v) is 7.31. The van der Waals surface area contributed by atoms with Gasteiger partial charge in [0.2, 0.25) is 0 Å². The first kappa shape index (κ1) is 11.5. The molecular formula is C14H13ClN4S. The van der Waals surface area contributed by atoms with Crippen molar-refractivity contribution in [1.29, 1.82) is 0 Å². The lowest BCUT2D eigenvalue weighted by Gasteiger charge is -2.38. The molecule has 2 heterocycles. The minimum absolute atomic E-state index is 0.164. The number of azo groups is 1. The van der Waals surface area contributed by atoms with Crippen molar-refractivity contribution in [2.24, 2.45) is 22.1 Å². The van der Waals surface area contributed by atoms with Gasteiger partial charge in [0.1, 0.15) is 6.04 Å². The van der Waals surface area contributed by atoms with Crippen molar-refractivity contribution in [2.45, 2.75) is 29.9 Å². The standard InChI is InChI=1S/C14H13ClN4S/c15-11-8-4-9(14-13(8)18-19-14)12(11)17-7-1-2-10-6(3-7)5-16-20-10/h1-3,5,8-9,11-14,17H,4H2/t8-,9+,11?,12?,13-,14+/m0/s1. The van der Waals surface area contributed by atoms with Crippen LogP contribution in [0.3, 0.4) is 0 Å². The number of anilines is 1. The van der Waals surface area contributed by atoms with Gasteiger partial charge in [-0.2, -0.15) is 14.6 Å². The van der Waals surface area contributed by atoms with Crippen LogP contribution in [0.5, 0.6) is 0 Å². The van der Waals surface area contributed by atoms with Gasteiger partial charge in [0.15, 0.2) is 0 Å². The van der Waals surface area contributed by atoms with E-state index >= 15 is 0 Å². The molecule has 1 aromatic carbocycles. The number of benzene rings is 1. The van der Waals surface area contributed by atoms with Gasteiger partial charge in [-0.3, -0.25) is 0 Å². The van der Waals surface area contributed by atoms with Gasteiger partial charge in [-0.25, -0.2) is 0 Å². The van der Waals surface area contributed by atoms with Gasteiger partial charge in [0.05, 0.1) is 16.1 Å². The smallest absolute Gasteiger partial charge is 0.100 e. The first-order valence-electron chi connectivity index (χ1n) is 6.96. The summed E-state index contributed by atoms with van der Waals surface area (Å²) in [5.41, 5.74) is 1.13. The van der Waals surface area contributed by atoms with Crippen molar-refractivity contribution >= 4 is 38.9 Å². The van der Waals surface area contributed by atoms with E-state index in [0.29, 0.717) is 30.0 Å². The Morgan fingerprint density at radius 3 is 2.90 bits per heavy atom. The number of fused-ring (bicyclic) bond motifs is 6. The number of rotatable bonds is 2. The number of alkyl halides is 1. The molecule has 3 aliphatic rings. The maximum Gasteiger partial charge on any atom is 0.100 e.